The number of nitrogens with two attached hydrogens (primary N) is 1. The molecule has 4 rings (SSSR count). The van der Waals surface area contributed by atoms with Crippen molar-refractivity contribution in [1.82, 2.24) is 25.5 Å². The number of hydrogen-bond acceptors (Lipinski definition) is 6. The molecular weight excluding hydrogens is 432 g/mol. The number of nitrogens with zero attached hydrogens (tertiary/aromatic N) is 2. The van der Waals surface area contributed by atoms with Gasteiger partial charge in [0, 0.05) is 29.6 Å². The van der Waals surface area contributed by atoms with Crippen LogP contribution in [0.4, 0.5) is 0 Å². The van der Waals surface area contributed by atoms with Crippen LogP contribution in [0.25, 0.3) is 22.2 Å². The van der Waals surface area contributed by atoms with Crippen LogP contribution >= 0.6 is 0 Å². The molecule has 0 bridgehead atoms. The van der Waals surface area contributed by atoms with Crippen molar-refractivity contribution in [3.8, 4) is 17.0 Å². The summed E-state index contributed by atoms with van der Waals surface area (Å²) in [6, 6.07) is 14.9. The number of imidazole rings is 1. The van der Waals surface area contributed by atoms with Gasteiger partial charge in [-0.25, -0.2) is 4.98 Å². The second-order valence-electron chi connectivity index (χ2n) is 8.06. The molecule has 9 nitrogen and oxygen atoms in total. The maximum atomic E-state index is 11.5. The molecule has 0 spiro atoms. The van der Waals surface area contributed by atoms with Crippen LogP contribution in [0.15, 0.2) is 54.7 Å². The van der Waals surface area contributed by atoms with E-state index in [1.807, 2.05) is 43.3 Å². The second kappa shape index (κ2) is 12.0. The Balaban J connectivity index is 0.000000192. The molecule has 4 aromatic rings. The van der Waals surface area contributed by atoms with E-state index < -0.39 is 0 Å². The standard InChI is InChI=1S/C13H17N3O2.C12H15N3O/c1-9(8-17)13(18)14-7-6-12-10-4-2-3-5-11(10)15-16-12;1-2-9(13)12-14-7-10(15-12)8-5-3-4-6-11(8)16/h2-5,9,17H,6-8H2,1H3,(H,14,18)(H,15,16);3-7,9,16H,2,13H2,1H3,(H,14,15)/t2*9-/m00/s1. The molecule has 0 aliphatic heterocycles. The summed E-state index contributed by atoms with van der Waals surface area (Å²) >= 11 is 0. The third kappa shape index (κ3) is 6.21. The average molecular weight is 465 g/mol. The number of aliphatic hydroxyl groups excluding tert-OH is 1. The summed E-state index contributed by atoms with van der Waals surface area (Å²) in [5.41, 5.74) is 9.35. The molecular formula is C25H32N6O3. The van der Waals surface area contributed by atoms with Crippen LogP contribution in [0, 0.1) is 5.92 Å². The molecule has 0 saturated heterocycles. The minimum Gasteiger partial charge on any atom is -0.507 e. The molecule has 2 atom stereocenters. The van der Waals surface area contributed by atoms with Gasteiger partial charge in [0.05, 0.1) is 36.0 Å². The monoisotopic (exact) mass is 464 g/mol. The predicted octanol–water partition coefficient (Wildman–Crippen LogP) is 3.04. The lowest BCUT2D eigenvalue weighted by Crippen LogP contribution is -2.32. The number of aromatic hydroxyl groups is 1. The Kier molecular flexibility index (Phi) is 8.78. The number of carbonyl (C=O) groups excluding carboxylic acids is 1. The molecule has 0 fully saturated rings. The highest BCUT2D eigenvalue weighted by molar-refractivity contribution is 5.81. The van der Waals surface area contributed by atoms with Crippen molar-refractivity contribution < 1.29 is 15.0 Å². The van der Waals surface area contributed by atoms with E-state index in [1.54, 1.807) is 25.3 Å². The fourth-order valence-corrected chi connectivity index (χ4v) is 3.33. The molecule has 7 N–H and O–H groups in total. The molecule has 180 valence electrons. The van der Waals surface area contributed by atoms with Crippen LogP contribution in [0.1, 0.15) is 37.8 Å². The molecule has 34 heavy (non-hydrogen) atoms. The lowest BCUT2D eigenvalue weighted by molar-refractivity contribution is -0.125. The van der Waals surface area contributed by atoms with Gasteiger partial charge in [-0.15, -0.1) is 0 Å². The van der Waals surface area contributed by atoms with Crippen LogP contribution < -0.4 is 11.1 Å². The van der Waals surface area contributed by atoms with Crippen LogP contribution in [0.3, 0.4) is 0 Å². The van der Waals surface area contributed by atoms with Gasteiger partial charge in [-0.05, 0) is 24.6 Å². The van der Waals surface area contributed by atoms with E-state index in [0.29, 0.717) is 13.0 Å². The number of rotatable bonds is 8. The molecule has 2 heterocycles. The van der Waals surface area contributed by atoms with Gasteiger partial charge in [-0.1, -0.05) is 44.2 Å². The number of hydrogen-bond donors (Lipinski definition) is 6. The fraction of sp³-hybridized carbons (Fsp3) is 0.320. The number of phenols is 1. The number of aliphatic hydroxyl groups is 1. The third-order valence-electron chi connectivity index (χ3n) is 5.52. The van der Waals surface area contributed by atoms with Crippen LogP contribution in [0.5, 0.6) is 5.75 Å². The van der Waals surface area contributed by atoms with Gasteiger partial charge in [-0.3, -0.25) is 9.89 Å². The van der Waals surface area contributed by atoms with Crippen molar-refractivity contribution >= 4 is 16.8 Å². The van der Waals surface area contributed by atoms with Gasteiger partial charge in [0.2, 0.25) is 5.91 Å². The van der Waals surface area contributed by atoms with Crippen molar-refractivity contribution in [2.45, 2.75) is 32.7 Å². The average Bonchev–Trinajstić information content (AvgIpc) is 3.51. The van der Waals surface area contributed by atoms with Crippen LogP contribution in [0.2, 0.25) is 0 Å². The van der Waals surface area contributed by atoms with Gasteiger partial charge < -0.3 is 26.2 Å². The number of carbonyl (C=O) groups is 1. The summed E-state index contributed by atoms with van der Waals surface area (Å²) < 4.78 is 0. The molecule has 9 heteroatoms. The third-order valence-corrected chi connectivity index (χ3v) is 5.52. The van der Waals surface area contributed by atoms with E-state index in [0.717, 1.165) is 40.1 Å². The van der Waals surface area contributed by atoms with Crippen molar-refractivity contribution in [1.29, 1.82) is 0 Å². The maximum absolute atomic E-state index is 11.5. The lowest BCUT2D eigenvalue weighted by Gasteiger charge is -2.08. The molecule has 0 saturated carbocycles. The van der Waals surface area contributed by atoms with Gasteiger partial charge in [0.1, 0.15) is 11.6 Å². The Morgan fingerprint density at radius 2 is 1.91 bits per heavy atom. The number of aromatic amines is 2. The smallest absolute Gasteiger partial charge is 0.225 e. The zero-order chi connectivity index (χ0) is 24.5. The van der Waals surface area contributed by atoms with E-state index in [9.17, 15) is 9.90 Å². The molecule has 0 aliphatic rings. The van der Waals surface area contributed by atoms with E-state index in [4.69, 9.17) is 10.8 Å². The summed E-state index contributed by atoms with van der Waals surface area (Å²) in [6.45, 7) is 4.11. The first-order valence-corrected chi connectivity index (χ1v) is 11.3. The van der Waals surface area contributed by atoms with E-state index in [1.165, 1.54) is 0 Å². The lowest BCUT2D eigenvalue weighted by atomic mass is 10.1. The number of nitrogens with one attached hydrogen (secondary N) is 3. The Hall–Kier alpha value is -3.69. The Morgan fingerprint density at radius 1 is 1.18 bits per heavy atom. The largest absolute Gasteiger partial charge is 0.507 e. The maximum Gasteiger partial charge on any atom is 0.225 e. The quantitative estimate of drug-likeness (QED) is 0.236. The summed E-state index contributed by atoms with van der Waals surface area (Å²) in [6.07, 6.45) is 3.22. The second-order valence-corrected chi connectivity index (χ2v) is 8.06. The van der Waals surface area contributed by atoms with Crippen LogP contribution in [-0.4, -0.2) is 49.4 Å². The summed E-state index contributed by atoms with van der Waals surface area (Å²) in [4.78, 5) is 18.8. The van der Waals surface area contributed by atoms with E-state index in [2.05, 4.69) is 25.5 Å². The number of benzene rings is 2. The minimum absolute atomic E-state index is 0.0837. The number of amides is 1. The Labute approximate surface area is 198 Å². The summed E-state index contributed by atoms with van der Waals surface area (Å²) in [7, 11) is 0. The number of fused-ring (bicyclic) bond motifs is 1. The van der Waals surface area contributed by atoms with Crippen molar-refractivity contribution in [3.05, 3.63) is 66.2 Å². The molecule has 2 aromatic carbocycles. The number of H-pyrrole nitrogens is 2. The van der Waals surface area contributed by atoms with Crippen molar-refractivity contribution in [2.75, 3.05) is 13.2 Å². The Bertz CT molecular complexity index is 1200. The normalized spacial score (nSPS) is 12.6. The highest BCUT2D eigenvalue weighted by Gasteiger charge is 2.12. The molecule has 0 aliphatic carbocycles. The number of phenolic OH excluding ortho intramolecular Hbond substituents is 1. The van der Waals surface area contributed by atoms with Crippen molar-refractivity contribution in [3.63, 3.8) is 0 Å². The highest BCUT2D eigenvalue weighted by atomic mass is 16.3. The predicted molar refractivity (Wildman–Crippen MR) is 132 cm³/mol. The Morgan fingerprint density at radius 3 is 2.65 bits per heavy atom. The zero-order valence-corrected chi connectivity index (χ0v) is 19.5. The number of aromatic nitrogens is 4. The first kappa shape index (κ1) is 24.9. The van der Waals surface area contributed by atoms with Crippen LogP contribution in [-0.2, 0) is 11.2 Å². The minimum atomic E-state index is -0.358. The van der Waals surface area contributed by atoms with Crippen molar-refractivity contribution in [2.24, 2.45) is 11.7 Å². The summed E-state index contributed by atoms with van der Waals surface area (Å²) in [5, 5.41) is 29.6. The van der Waals surface area contributed by atoms with E-state index in [-0.39, 0.29) is 30.2 Å². The SMILES string of the molecule is CC[C@H](N)c1ncc(-c2ccccc2O)[nH]1.C[C@@H](CO)C(=O)NCCc1[nH]nc2ccccc12. The zero-order valence-electron chi connectivity index (χ0n) is 19.5. The fourth-order valence-electron chi connectivity index (χ4n) is 3.33. The molecule has 1 amide bonds. The van der Waals surface area contributed by atoms with Gasteiger partial charge in [0.15, 0.2) is 0 Å². The molecule has 0 radical (unpaired) electrons. The topological polar surface area (TPSA) is 153 Å². The molecule has 2 aromatic heterocycles. The van der Waals surface area contributed by atoms with Gasteiger partial charge in [0.25, 0.3) is 0 Å². The van der Waals surface area contributed by atoms with E-state index >= 15 is 0 Å². The first-order chi connectivity index (χ1) is 16.4. The van der Waals surface area contributed by atoms with Gasteiger partial charge >= 0.3 is 0 Å². The highest BCUT2D eigenvalue weighted by Crippen LogP contribution is 2.27. The number of para-hydroxylation sites is 2. The first-order valence-electron chi connectivity index (χ1n) is 11.3. The van der Waals surface area contributed by atoms with Gasteiger partial charge in [-0.2, -0.15) is 5.10 Å². The summed E-state index contributed by atoms with van der Waals surface area (Å²) in [5.74, 6) is 0.508. The molecule has 0 unspecified atom stereocenters.